The van der Waals surface area contributed by atoms with Crippen LogP contribution in [0.5, 0.6) is 5.75 Å². The van der Waals surface area contributed by atoms with Crippen molar-refractivity contribution in [1.82, 2.24) is 20.3 Å². The molecule has 0 radical (unpaired) electrons. The number of rotatable bonds is 6. The van der Waals surface area contributed by atoms with Crippen molar-refractivity contribution in [3.8, 4) is 17.0 Å². The maximum absolute atomic E-state index is 12.1. The number of hydrogen-bond donors (Lipinski definition) is 2. The monoisotopic (exact) mass is 441 g/mol. The molecule has 1 unspecified atom stereocenters. The molecule has 1 aliphatic carbocycles. The molecular weight excluding hydrogens is 418 g/mol. The number of hydrogen-bond acceptors (Lipinski definition) is 6. The molecule has 0 aliphatic heterocycles. The van der Waals surface area contributed by atoms with Crippen LogP contribution in [0.1, 0.15) is 13.3 Å². The Labute approximate surface area is 191 Å². The molecule has 33 heavy (non-hydrogen) atoms. The molecule has 8 heteroatoms. The molecule has 2 aromatic heterocycles. The topological polar surface area (TPSA) is 106 Å². The van der Waals surface area contributed by atoms with E-state index in [0.29, 0.717) is 35.0 Å². The molecule has 1 atom stereocenters. The summed E-state index contributed by atoms with van der Waals surface area (Å²) in [5.41, 5.74) is 2.43. The van der Waals surface area contributed by atoms with Crippen LogP contribution in [0.25, 0.3) is 22.4 Å². The maximum Gasteiger partial charge on any atom is 0.335 e. The van der Waals surface area contributed by atoms with Crippen LogP contribution in [0, 0.1) is 5.92 Å². The van der Waals surface area contributed by atoms with Gasteiger partial charge in [0.1, 0.15) is 17.1 Å². The van der Waals surface area contributed by atoms with Crippen LogP contribution < -0.4 is 15.4 Å². The molecule has 0 saturated heterocycles. The Morgan fingerprint density at radius 1 is 1.12 bits per heavy atom. The molecule has 2 amide bonds. The predicted octanol–water partition coefficient (Wildman–Crippen LogP) is 4.43. The minimum atomic E-state index is -0.424. The highest BCUT2D eigenvalue weighted by Crippen LogP contribution is 2.22. The summed E-state index contributed by atoms with van der Waals surface area (Å²) in [6.45, 7) is 2.35. The van der Waals surface area contributed by atoms with E-state index in [4.69, 9.17) is 4.74 Å². The fraction of sp³-hybridized carbons (Fsp3) is 0.160. The highest BCUT2D eigenvalue weighted by molar-refractivity contribution is 5.89. The van der Waals surface area contributed by atoms with Gasteiger partial charge in [-0.2, -0.15) is 0 Å². The van der Waals surface area contributed by atoms with Crippen molar-refractivity contribution in [1.29, 1.82) is 0 Å². The largest absolute Gasteiger partial charge is 0.423 e. The maximum atomic E-state index is 12.1. The first-order valence-corrected chi connectivity index (χ1v) is 10.6. The third-order valence-electron chi connectivity index (χ3n) is 4.85. The zero-order chi connectivity index (χ0) is 23.0. The standard InChI is InChI=1S/C25H23N5O3/c1-2-26-25(32)30-22-14-13-20-24(29-22)28-21(16-27-20)18-9-11-19(12-10-18)33-23(31)15-8-17-6-4-3-5-7-17/h3-6,8-17H,2,7H2,1H3,(H2,26,28,29,30,32). The highest BCUT2D eigenvalue weighted by atomic mass is 16.5. The average molecular weight is 441 g/mol. The quantitative estimate of drug-likeness (QED) is 0.333. The Morgan fingerprint density at radius 3 is 2.73 bits per heavy atom. The highest BCUT2D eigenvalue weighted by Gasteiger charge is 2.08. The smallest absolute Gasteiger partial charge is 0.335 e. The second-order valence-corrected chi connectivity index (χ2v) is 7.30. The van der Waals surface area contributed by atoms with Gasteiger partial charge >= 0.3 is 12.0 Å². The van der Waals surface area contributed by atoms with Crippen molar-refractivity contribution in [2.24, 2.45) is 5.92 Å². The van der Waals surface area contributed by atoms with Gasteiger partial charge in [0.25, 0.3) is 0 Å². The fourth-order valence-corrected chi connectivity index (χ4v) is 3.22. The van der Waals surface area contributed by atoms with Gasteiger partial charge in [0, 0.05) is 18.2 Å². The Bertz CT molecular complexity index is 1250. The van der Waals surface area contributed by atoms with Gasteiger partial charge < -0.3 is 10.1 Å². The van der Waals surface area contributed by atoms with Crippen LogP contribution in [0.2, 0.25) is 0 Å². The molecule has 4 rings (SSSR count). The molecule has 3 aromatic rings. The summed E-state index contributed by atoms with van der Waals surface area (Å²) in [7, 11) is 0. The van der Waals surface area contributed by atoms with E-state index in [1.54, 1.807) is 42.6 Å². The Kier molecular flexibility index (Phi) is 6.84. The number of anilines is 1. The number of nitrogens with one attached hydrogen (secondary N) is 2. The molecule has 0 saturated carbocycles. The molecule has 1 aromatic carbocycles. The lowest BCUT2D eigenvalue weighted by Gasteiger charge is -2.08. The van der Waals surface area contributed by atoms with Crippen LogP contribution in [0.4, 0.5) is 10.6 Å². The van der Waals surface area contributed by atoms with Crippen molar-refractivity contribution >= 4 is 29.0 Å². The number of carbonyl (C=O) groups excluding carboxylic acids is 2. The summed E-state index contributed by atoms with van der Waals surface area (Å²) in [6.07, 6.45) is 13.9. The number of fused-ring (bicyclic) bond motifs is 1. The van der Waals surface area contributed by atoms with Gasteiger partial charge in [-0.3, -0.25) is 10.3 Å². The van der Waals surface area contributed by atoms with E-state index in [9.17, 15) is 9.59 Å². The third kappa shape index (κ3) is 5.88. The van der Waals surface area contributed by atoms with E-state index in [2.05, 4.69) is 31.7 Å². The van der Waals surface area contributed by atoms with Crippen molar-refractivity contribution in [2.45, 2.75) is 13.3 Å². The van der Waals surface area contributed by atoms with E-state index < -0.39 is 5.97 Å². The summed E-state index contributed by atoms with van der Waals surface area (Å²) in [5.74, 6) is 0.608. The number of urea groups is 1. The number of nitrogens with zero attached hydrogens (tertiary/aromatic N) is 3. The third-order valence-corrected chi connectivity index (χ3v) is 4.85. The van der Waals surface area contributed by atoms with Crippen molar-refractivity contribution in [2.75, 3.05) is 11.9 Å². The number of benzene rings is 1. The molecule has 0 bridgehead atoms. The lowest BCUT2D eigenvalue weighted by molar-refractivity contribution is -0.129. The lowest BCUT2D eigenvalue weighted by Crippen LogP contribution is -2.28. The first kappa shape index (κ1) is 21.9. The number of ether oxygens (including phenoxy) is 1. The summed E-state index contributed by atoms with van der Waals surface area (Å²) < 4.78 is 5.38. The van der Waals surface area contributed by atoms with Gasteiger partial charge in [0.15, 0.2) is 5.65 Å². The zero-order valence-corrected chi connectivity index (χ0v) is 18.1. The SMILES string of the molecule is CCNC(=O)Nc1ccc2ncc(-c3ccc(OC(=O)C=CC4C=CC=CC4)cc3)nc2n1. The predicted molar refractivity (Wildman–Crippen MR) is 127 cm³/mol. The minimum Gasteiger partial charge on any atom is -0.423 e. The second kappa shape index (κ2) is 10.3. The minimum absolute atomic E-state index is 0.210. The number of pyridine rings is 1. The summed E-state index contributed by atoms with van der Waals surface area (Å²) in [4.78, 5) is 37.1. The summed E-state index contributed by atoms with van der Waals surface area (Å²) in [6, 6.07) is 10.1. The van der Waals surface area contributed by atoms with Crippen LogP contribution in [-0.4, -0.2) is 33.5 Å². The lowest BCUT2D eigenvalue weighted by atomic mass is 10.0. The van der Waals surface area contributed by atoms with E-state index in [1.165, 1.54) is 6.08 Å². The van der Waals surface area contributed by atoms with Gasteiger partial charge in [-0.25, -0.2) is 19.6 Å². The number of esters is 1. The van der Waals surface area contributed by atoms with E-state index in [1.807, 2.05) is 31.2 Å². The number of allylic oxidation sites excluding steroid dienone is 5. The van der Waals surface area contributed by atoms with Crippen LogP contribution in [0.3, 0.4) is 0 Å². The first-order chi connectivity index (χ1) is 16.1. The molecule has 0 spiro atoms. The molecule has 8 nitrogen and oxygen atoms in total. The molecule has 0 fully saturated rings. The van der Waals surface area contributed by atoms with Crippen LogP contribution >= 0.6 is 0 Å². The molecule has 2 heterocycles. The van der Waals surface area contributed by atoms with Crippen LogP contribution in [0.15, 0.2) is 79.1 Å². The second-order valence-electron chi connectivity index (χ2n) is 7.30. The van der Waals surface area contributed by atoms with Gasteiger partial charge in [0.2, 0.25) is 0 Å². The van der Waals surface area contributed by atoms with E-state index in [-0.39, 0.29) is 11.9 Å². The first-order valence-electron chi connectivity index (χ1n) is 10.6. The zero-order valence-electron chi connectivity index (χ0n) is 18.1. The van der Waals surface area contributed by atoms with Gasteiger partial charge in [-0.1, -0.05) is 30.4 Å². The molecule has 166 valence electrons. The molecule has 1 aliphatic rings. The Balaban J connectivity index is 1.44. The molecular formula is C25H23N5O3. The van der Waals surface area contributed by atoms with E-state index >= 15 is 0 Å². The number of amides is 2. The average Bonchev–Trinajstić information content (AvgIpc) is 2.83. The Morgan fingerprint density at radius 2 is 1.97 bits per heavy atom. The fourth-order valence-electron chi connectivity index (χ4n) is 3.22. The Hall–Kier alpha value is -4.33. The van der Waals surface area contributed by atoms with Gasteiger partial charge in [0.05, 0.1) is 11.9 Å². The van der Waals surface area contributed by atoms with Gasteiger partial charge in [-0.15, -0.1) is 0 Å². The van der Waals surface area contributed by atoms with Crippen molar-refractivity contribution in [3.63, 3.8) is 0 Å². The molecule has 2 N–H and O–H groups in total. The van der Waals surface area contributed by atoms with Crippen LogP contribution in [-0.2, 0) is 4.79 Å². The summed E-state index contributed by atoms with van der Waals surface area (Å²) >= 11 is 0. The van der Waals surface area contributed by atoms with Crippen molar-refractivity contribution < 1.29 is 14.3 Å². The van der Waals surface area contributed by atoms with E-state index in [0.717, 1.165) is 12.0 Å². The normalized spacial score (nSPS) is 15.0. The summed E-state index contributed by atoms with van der Waals surface area (Å²) in [5, 5.41) is 5.31. The van der Waals surface area contributed by atoms with Crippen molar-refractivity contribution in [3.05, 3.63) is 79.1 Å². The number of carbonyl (C=O) groups is 2. The van der Waals surface area contributed by atoms with Gasteiger partial charge in [-0.05, 0) is 55.7 Å². The number of aromatic nitrogens is 3.